The first kappa shape index (κ1) is 11.3. The van der Waals surface area contributed by atoms with Crippen LogP contribution in [0, 0.1) is 6.92 Å². The Morgan fingerprint density at radius 1 is 1.33 bits per heavy atom. The summed E-state index contributed by atoms with van der Waals surface area (Å²) in [6, 6.07) is 1.75. The van der Waals surface area contributed by atoms with E-state index in [2.05, 4.69) is 15.0 Å². The SMILES string of the molecule is Cc1cc(-n2c(Cl)cncc2=O)nc(C2CC2)n1. The van der Waals surface area contributed by atoms with Crippen LogP contribution in [0.4, 0.5) is 0 Å². The molecule has 0 saturated heterocycles. The van der Waals surface area contributed by atoms with E-state index in [-0.39, 0.29) is 10.7 Å². The van der Waals surface area contributed by atoms with Gasteiger partial charge in [-0.05, 0) is 19.8 Å². The van der Waals surface area contributed by atoms with E-state index in [1.165, 1.54) is 17.0 Å². The maximum absolute atomic E-state index is 11.8. The lowest BCUT2D eigenvalue weighted by Crippen LogP contribution is -2.20. The lowest BCUT2D eigenvalue weighted by molar-refractivity contribution is 0.840. The number of halogens is 1. The van der Waals surface area contributed by atoms with Crippen molar-refractivity contribution in [1.82, 2.24) is 19.5 Å². The molecule has 0 unspecified atom stereocenters. The molecule has 1 aliphatic carbocycles. The van der Waals surface area contributed by atoms with Crippen molar-refractivity contribution in [2.45, 2.75) is 25.7 Å². The summed E-state index contributed by atoms with van der Waals surface area (Å²) in [5.74, 6) is 1.74. The topological polar surface area (TPSA) is 60.7 Å². The van der Waals surface area contributed by atoms with Crippen molar-refractivity contribution in [3.63, 3.8) is 0 Å². The second-order valence-corrected chi connectivity index (χ2v) is 4.79. The fraction of sp³-hybridized carbons (Fsp3) is 0.333. The zero-order valence-corrected chi connectivity index (χ0v) is 10.6. The number of aromatic nitrogens is 4. The smallest absolute Gasteiger partial charge is 0.267 e. The van der Waals surface area contributed by atoms with Gasteiger partial charge in [0.1, 0.15) is 16.8 Å². The van der Waals surface area contributed by atoms with Gasteiger partial charge in [0.15, 0.2) is 0 Å². The van der Waals surface area contributed by atoms with Crippen LogP contribution in [0.15, 0.2) is 23.3 Å². The standard InChI is InChI=1S/C12H11ClN4O/c1-7-4-10(16-12(15-7)8-2-3-8)17-9(13)5-14-6-11(17)18/h4-6,8H,2-3H2,1H3. The van der Waals surface area contributed by atoms with Crippen LogP contribution in [0.5, 0.6) is 0 Å². The van der Waals surface area contributed by atoms with Gasteiger partial charge in [0.2, 0.25) is 0 Å². The number of nitrogens with zero attached hydrogens (tertiary/aromatic N) is 4. The Balaban J connectivity index is 2.19. The van der Waals surface area contributed by atoms with Gasteiger partial charge < -0.3 is 0 Å². The molecule has 1 aliphatic rings. The molecule has 0 aromatic carbocycles. The van der Waals surface area contributed by atoms with E-state index in [9.17, 15) is 4.79 Å². The van der Waals surface area contributed by atoms with Crippen molar-refractivity contribution >= 4 is 11.6 Å². The van der Waals surface area contributed by atoms with Crippen molar-refractivity contribution in [3.05, 3.63) is 45.5 Å². The zero-order chi connectivity index (χ0) is 12.7. The Kier molecular flexibility index (Phi) is 2.63. The van der Waals surface area contributed by atoms with Gasteiger partial charge in [0, 0.05) is 17.7 Å². The Labute approximate surface area is 108 Å². The molecule has 1 saturated carbocycles. The highest BCUT2D eigenvalue weighted by Gasteiger charge is 2.27. The number of rotatable bonds is 2. The third kappa shape index (κ3) is 2.01. The van der Waals surface area contributed by atoms with Crippen LogP contribution in [0.1, 0.15) is 30.3 Å². The average molecular weight is 263 g/mol. The van der Waals surface area contributed by atoms with E-state index < -0.39 is 0 Å². The fourth-order valence-electron chi connectivity index (χ4n) is 1.82. The maximum Gasteiger partial charge on any atom is 0.275 e. The molecule has 0 aliphatic heterocycles. The number of aryl methyl sites for hydroxylation is 1. The third-order valence-electron chi connectivity index (χ3n) is 2.83. The number of hydrogen-bond donors (Lipinski definition) is 0. The van der Waals surface area contributed by atoms with E-state index >= 15 is 0 Å². The summed E-state index contributed by atoms with van der Waals surface area (Å²) in [7, 11) is 0. The van der Waals surface area contributed by atoms with E-state index in [1.54, 1.807) is 6.07 Å². The van der Waals surface area contributed by atoms with E-state index in [4.69, 9.17) is 11.6 Å². The Hall–Kier alpha value is -1.75. The van der Waals surface area contributed by atoms with Crippen LogP contribution in [0.3, 0.4) is 0 Å². The molecule has 92 valence electrons. The third-order valence-corrected chi connectivity index (χ3v) is 3.10. The van der Waals surface area contributed by atoms with Gasteiger partial charge in [-0.1, -0.05) is 11.6 Å². The van der Waals surface area contributed by atoms with Crippen molar-refractivity contribution in [1.29, 1.82) is 0 Å². The first-order valence-corrected chi connectivity index (χ1v) is 6.11. The molecular weight excluding hydrogens is 252 g/mol. The molecule has 0 bridgehead atoms. The molecule has 2 heterocycles. The van der Waals surface area contributed by atoms with E-state index in [1.807, 2.05) is 6.92 Å². The van der Waals surface area contributed by atoms with Gasteiger partial charge in [0.25, 0.3) is 5.56 Å². The van der Waals surface area contributed by atoms with Gasteiger partial charge in [-0.15, -0.1) is 0 Å². The largest absolute Gasteiger partial charge is 0.275 e. The minimum Gasteiger partial charge on any atom is -0.267 e. The molecule has 0 N–H and O–H groups in total. The summed E-state index contributed by atoms with van der Waals surface area (Å²) in [6.07, 6.45) is 4.88. The molecule has 0 atom stereocenters. The van der Waals surface area contributed by atoms with Gasteiger partial charge in [-0.3, -0.25) is 9.78 Å². The summed E-state index contributed by atoms with van der Waals surface area (Å²) in [5, 5.41) is 0.252. The minimum absolute atomic E-state index is 0.252. The predicted molar refractivity (Wildman–Crippen MR) is 67.1 cm³/mol. The normalized spacial score (nSPS) is 14.8. The molecule has 0 amide bonds. The van der Waals surface area contributed by atoms with E-state index in [0.29, 0.717) is 11.7 Å². The number of hydrogen-bond acceptors (Lipinski definition) is 4. The molecule has 2 aromatic heterocycles. The Morgan fingerprint density at radius 2 is 2.11 bits per heavy atom. The minimum atomic E-state index is -0.289. The van der Waals surface area contributed by atoms with E-state index in [0.717, 1.165) is 24.4 Å². The summed E-state index contributed by atoms with van der Waals surface area (Å²) in [5.41, 5.74) is 0.545. The van der Waals surface area contributed by atoms with Crippen molar-refractivity contribution < 1.29 is 0 Å². The molecule has 0 radical (unpaired) electrons. The highest BCUT2D eigenvalue weighted by Crippen LogP contribution is 2.38. The summed E-state index contributed by atoms with van der Waals surface area (Å²) in [6.45, 7) is 1.89. The highest BCUT2D eigenvalue weighted by atomic mass is 35.5. The maximum atomic E-state index is 11.8. The highest BCUT2D eigenvalue weighted by molar-refractivity contribution is 6.29. The zero-order valence-electron chi connectivity index (χ0n) is 9.80. The van der Waals surface area contributed by atoms with Crippen molar-refractivity contribution in [3.8, 4) is 5.82 Å². The van der Waals surface area contributed by atoms with Crippen molar-refractivity contribution in [2.75, 3.05) is 0 Å². The molecule has 3 rings (SSSR count). The quantitative estimate of drug-likeness (QED) is 0.829. The van der Waals surface area contributed by atoms with Gasteiger partial charge in [-0.2, -0.15) is 0 Å². The molecule has 6 heteroatoms. The molecule has 0 spiro atoms. The van der Waals surface area contributed by atoms with Crippen molar-refractivity contribution in [2.24, 2.45) is 0 Å². The summed E-state index contributed by atoms with van der Waals surface area (Å²) >= 11 is 6.00. The Bertz CT molecular complexity index is 663. The summed E-state index contributed by atoms with van der Waals surface area (Å²) in [4.78, 5) is 24.4. The lowest BCUT2D eigenvalue weighted by atomic mass is 10.3. The molecule has 18 heavy (non-hydrogen) atoms. The second kappa shape index (κ2) is 4.17. The van der Waals surface area contributed by atoms with Crippen LogP contribution in [0.25, 0.3) is 5.82 Å². The van der Waals surface area contributed by atoms with Crippen LogP contribution in [0.2, 0.25) is 5.15 Å². The van der Waals surface area contributed by atoms with Crippen LogP contribution < -0.4 is 5.56 Å². The molecule has 2 aromatic rings. The molecular formula is C12H11ClN4O. The van der Waals surface area contributed by atoms with Crippen LogP contribution in [-0.4, -0.2) is 19.5 Å². The second-order valence-electron chi connectivity index (χ2n) is 4.40. The van der Waals surface area contributed by atoms with Gasteiger partial charge in [-0.25, -0.2) is 14.5 Å². The lowest BCUT2D eigenvalue weighted by Gasteiger charge is -2.08. The van der Waals surface area contributed by atoms with Crippen LogP contribution in [-0.2, 0) is 0 Å². The van der Waals surface area contributed by atoms with Crippen LogP contribution >= 0.6 is 11.6 Å². The first-order chi connectivity index (χ1) is 8.65. The first-order valence-electron chi connectivity index (χ1n) is 5.73. The van der Waals surface area contributed by atoms with Gasteiger partial charge in [0.05, 0.1) is 12.4 Å². The predicted octanol–water partition coefficient (Wildman–Crippen LogP) is 1.86. The van der Waals surface area contributed by atoms with Gasteiger partial charge >= 0.3 is 0 Å². The Morgan fingerprint density at radius 3 is 2.78 bits per heavy atom. The fourth-order valence-corrected chi connectivity index (χ4v) is 2.04. The summed E-state index contributed by atoms with van der Waals surface area (Å²) < 4.78 is 1.34. The monoisotopic (exact) mass is 262 g/mol. The molecule has 1 fully saturated rings. The average Bonchev–Trinajstić information content (AvgIpc) is 3.11. The molecule has 5 nitrogen and oxygen atoms in total.